The van der Waals surface area contributed by atoms with E-state index in [0.29, 0.717) is 12.0 Å². The summed E-state index contributed by atoms with van der Waals surface area (Å²) in [5, 5.41) is 6.86. The van der Waals surface area contributed by atoms with Gasteiger partial charge in [-0.15, -0.1) is 0 Å². The van der Waals surface area contributed by atoms with E-state index in [-0.39, 0.29) is 0 Å². The second kappa shape index (κ2) is 7.62. The van der Waals surface area contributed by atoms with Crippen LogP contribution in [0.4, 0.5) is 11.6 Å². The topological polar surface area (TPSA) is 49.8 Å². The van der Waals surface area contributed by atoms with Crippen molar-refractivity contribution in [3.63, 3.8) is 0 Å². The van der Waals surface area contributed by atoms with Gasteiger partial charge in [-0.2, -0.15) is 0 Å². The Morgan fingerprint density at radius 2 is 1.86 bits per heavy atom. The highest BCUT2D eigenvalue weighted by Gasteiger charge is 2.27. The van der Waals surface area contributed by atoms with E-state index in [2.05, 4.69) is 43.3 Å². The van der Waals surface area contributed by atoms with E-state index in [4.69, 9.17) is 4.98 Å². The van der Waals surface area contributed by atoms with Crippen LogP contribution in [0, 0.1) is 5.92 Å². The van der Waals surface area contributed by atoms with Crippen LogP contribution in [0.3, 0.4) is 0 Å². The number of nitrogens with zero attached hydrogens (tertiary/aromatic N) is 2. The van der Waals surface area contributed by atoms with Crippen LogP contribution in [0.15, 0.2) is 6.07 Å². The smallest absolute Gasteiger partial charge is 0.136 e. The lowest BCUT2D eigenvalue weighted by molar-refractivity contribution is 0.520. The van der Waals surface area contributed by atoms with Crippen LogP contribution in [0.1, 0.15) is 71.5 Å². The Morgan fingerprint density at radius 1 is 1.14 bits per heavy atom. The van der Waals surface area contributed by atoms with Crippen LogP contribution in [0.25, 0.3) is 0 Å². The lowest BCUT2D eigenvalue weighted by Gasteiger charge is -2.16. The van der Waals surface area contributed by atoms with Gasteiger partial charge < -0.3 is 10.6 Å². The number of rotatable bonds is 9. The van der Waals surface area contributed by atoms with E-state index >= 15 is 0 Å². The number of anilines is 2. The summed E-state index contributed by atoms with van der Waals surface area (Å²) in [7, 11) is 0. The van der Waals surface area contributed by atoms with Gasteiger partial charge in [0.15, 0.2) is 0 Å². The predicted molar refractivity (Wildman–Crippen MR) is 89.9 cm³/mol. The zero-order chi connectivity index (χ0) is 15.2. The van der Waals surface area contributed by atoms with Crippen molar-refractivity contribution >= 4 is 11.6 Å². The first-order valence-electron chi connectivity index (χ1n) is 8.47. The molecule has 1 aromatic rings. The van der Waals surface area contributed by atoms with Crippen LogP contribution in [-0.4, -0.2) is 22.6 Å². The minimum absolute atomic E-state index is 0.458. The summed E-state index contributed by atoms with van der Waals surface area (Å²) in [6, 6.07) is 2.49. The van der Waals surface area contributed by atoms with Gasteiger partial charge in [0, 0.05) is 24.6 Å². The van der Waals surface area contributed by atoms with E-state index in [0.717, 1.165) is 29.9 Å². The average Bonchev–Trinajstić information content (AvgIpc) is 3.22. The normalized spacial score (nSPS) is 16.0. The highest BCUT2D eigenvalue weighted by Crippen LogP contribution is 2.38. The summed E-state index contributed by atoms with van der Waals surface area (Å²) in [5.74, 6) is 4.30. The van der Waals surface area contributed by atoms with Gasteiger partial charge in [0.25, 0.3) is 0 Å². The molecular weight excluding hydrogens is 260 g/mol. The number of hydrogen-bond donors (Lipinski definition) is 2. The molecule has 2 N–H and O–H groups in total. The molecule has 1 saturated carbocycles. The first-order chi connectivity index (χ1) is 10.1. The zero-order valence-electron chi connectivity index (χ0n) is 13.9. The zero-order valence-corrected chi connectivity index (χ0v) is 13.9. The summed E-state index contributed by atoms with van der Waals surface area (Å²) >= 11 is 0. The summed E-state index contributed by atoms with van der Waals surface area (Å²) in [4.78, 5) is 9.31. The minimum atomic E-state index is 0.458. The SMILES string of the molecule is CCNc1cc(NC(C)CCCC(C)C)nc(C2CC2)n1. The highest BCUT2D eigenvalue weighted by atomic mass is 15.1. The highest BCUT2D eigenvalue weighted by molar-refractivity contribution is 5.48. The second-order valence-corrected chi connectivity index (χ2v) is 6.67. The summed E-state index contributed by atoms with van der Waals surface area (Å²) < 4.78 is 0. The molecule has 0 bridgehead atoms. The van der Waals surface area contributed by atoms with Crippen LogP contribution in [-0.2, 0) is 0 Å². The molecule has 1 unspecified atom stereocenters. The van der Waals surface area contributed by atoms with E-state index in [1.165, 1.54) is 32.1 Å². The van der Waals surface area contributed by atoms with Gasteiger partial charge in [-0.25, -0.2) is 9.97 Å². The predicted octanol–water partition coefficient (Wildman–Crippen LogP) is 4.41. The molecule has 1 aromatic heterocycles. The Labute approximate surface area is 129 Å². The molecule has 1 aliphatic carbocycles. The van der Waals surface area contributed by atoms with Crippen molar-refractivity contribution in [1.82, 2.24) is 9.97 Å². The monoisotopic (exact) mass is 290 g/mol. The fourth-order valence-corrected chi connectivity index (χ4v) is 2.49. The standard InChI is InChI=1S/C17H30N4/c1-5-18-15-11-16(21-17(20-15)14-9-10-14)19-13(4)8-6-7-12(2)3/h11-14H,5-10H2,1-4H3,(H2,18,19,20,21). The number of hydrogen-bond acceptors (Lipinski definition) is 4. The molecule has 0 aliphatic heterocycles. The average molecular weight is 290 g/mol. The number of aromatic nitrogens is 2. The Bertz CT molecular complexity index is 440. The molecule has 1 atom stereocenters. The maximum atomic E-state index is 4.70. The molecule has 21 heavy (non-hydrogen) atoms. The van der Waals surface area contributed by atoms with Crippen LogP contribution >= 0.6 is 0 Å². The molecule has 0 saturated heterocycles. The molecule has 118 valence electrons. The maximum Gasteiger partial charge on any atom is 0.136 e. The molecule has 0 aromatic carbocycles. The molecule has 1 fully saturated rings. The van der Waals surface area contributed by atoms with Crippen molar-refractivity contribution in [1.29, 1.82) is 0 Å². The third-order valence-electron chi connectivity index (χ3n) is 3.86. The number of nitrogens with one attached hydrogen (secondary N) is 2. The molecule has 0 radical (unpaired) electrons. The maximum absolute atomic E-state index is 4.70. The second-order valence-electron chi connectivity index (χ2n) is 6.67. The van der Waals surface area contributed by atoms with E-state index < -0.39 is 0 Å². The van der Waals surface area contributed by atoms with Gasteiger partial charge in [0.2, 0.25) is 0 Å². The van der Waals surface area contributed by atoms with E-state index in [1.54, 1.807) is 0 Å². The van der Waals surface area contributed by atoms with Crippen molar-refractivity contribution in [3.8, 4) is 0 Å². The largest absolute Gasteiger partial charge is 0.370 e. The van der Waals surface area contributed by atoms with Crippen LogP contribution in [0.5, 0.6) is 0 Å². The first kappa shape index (κ1) is 16.1. The summed E-state index contributed by atoms with van der Waals surface area (Å²) in [5.41, 5.74) is 0. The molecule has 1 heterocycles. The van der Waals surface area contributed by atoms with Crippen molar-refractivity contribution in [2.24, 2.45) is 5.92 Å². The quantitative estimate of drug-likeness (QED) is 0.707. The molecule has 1 aliphatic rings. The molecule has 0 amide bonds. The van der Waals surface area contributed by atoms with E-state index in [1.807, 2.05) is 6.07 Å². The van der Waals surface area contributed by atoms with Crippen LogP contribution < -0.4 is 10.6 Å². The fourth-order valence-electron chi connectivity index (χ4n) is 2.49. The van der Waals surface area contributed by atoms with Gasteiger partial charge in [0.1, 0.15) is 17.5 Å². The van der Waals surface area contributed by atoms with Gasteiger partial charge in [-0.05, 0) is 39.0 Å². The van der Waals surface area contributed by atoms with Gasteiger partial charge in [-0.3, -0.25) is 0 Å². The van der Waals surface area contributed by atoms with Gasteiger partial charge in [0.05, 0.1) is 0 Å². The lowest BCUT2D eigenvalue weighted by Crippen LogP contribution is -2.17. The van der Waals surface area contributed by atoms with Gasteiger partial charge in [-0.1, -0.05) is 26.7 Å². The lowest BCUT2D eigenvalue weighted by atomic mass is 10.0. The van der Waals surface area contributed by atoms with Crippen molar-refractivity contribution < 1.29 is 0 Å². The van der Waals surface area contributed by atoms with Gasteiger partial charge >= 0.3 is 0 Å². The Balaban J connectivity index is 1.94. The third kappa shape index (κ3) is 5.52. The van der Waals surface area contributed by atoms with Crippen molar-refractivity contribution in [2.75, 3.05) is 17.2 Å². The summed E-state index contributed by atoms with van der Waals surface area (Å²) in [6.45, 7) is 9.80. The third-order valence-corrected chi connectivity index (χ3v) is 3.86. The minimum Gasteiger partial charge on any atom is -0.370 e. The molecule has 2 rings (SSSR count). The van der Waals surface area contributed by atoms with Crippen LogP contribution in [0.2, 0.25) is 0 Å². The molecule has 4 nitrogen and oxygen atoms in total. The first-order valence-corrected chi connectivity index (χ1v) is 8.47. The Morgan fingerprint density at radius 3 is 2.48 bits per heavy atom. The summed E-state index contributed by atoms with van der Waals surface area (Å²) in [6.07, 6.45) is 6.23. The van der Waals surface area contributed by atoms with E-state index in [9.17, 15) is 0 Å². The van der Waals surface area contributed by atoms with Crippen molar-refractivity contribution in [2.45, 2.75) is 71.8 Å². The Hall–Kier alpha value is -1.32. The molecule has 0 spiro atoms. The molecular formula is C17H30N4. The Kier molecular flexibility index (Phi) is 5.83. The fraction of sp³-hybridized carbons (Fsp3) is 0.765. The van der Waals surface area contributed by atoms with Crippen molar-refractivity contribution in [3.05, 3.63) is 11.9 Å². The molecule has 4 heteroatoms.